The summed E-state index contributed by atoms with van der Waals surface area (Å²) in [4.78, 5) is 43.4. The Morgan fingerprint density at radius 1 is 1.15 bits per heavy atom. The van der Waals surface area contributed by atoms with Crippen LogP contribution in [0.15, 0.2) is 63.5 Å². The van der Waals surface area contributed by atoms with Crippen LogP contribution < -0.4 is 34.8 Å². The van der Waals surface area contributed by atoms with E-state index in [1.165, 1.54) is 23.0 Å². The second kappa shape index (κ2) is 12.2. The lowest BCUT2D eigenvalue weighted by Crippen LogP contribution is -2.40. The van der Waals surface area contributed by atoms with Gasteiger partial charge in [0.25, 0.3) is 11.5 Å². The molecule has 0 spiro atoms. The number of thiazole rings is 1. The van der Waals surface area contributed by atoms with E-state index in [-0.39, 0.29) is 30.5 Å². The van der Waals surface area contributed by atoms with E-state index in [9.17, 15) is 14.4 Å². The second-order valence-corrected chi connectivity index (χ2v) is 10.2. The molecule has 210 valence electrons. The van der Waals surface area contributed by atoms with E-state index in [1.54, 1.807) is 62.4 Å². The van der Waals surface area contributed by atoms with E-state index < -0.39 is 17.9 Å². The van der Waals surface area contributed by atoms with Crippen LogP contribution in [0.5, 0.6) is 17.2 Å². The van der Waals surface area contributed by atoms with Crippen LogP contribution in [0.1, 0.15) is 44.9 Å². The topological polar surface area (TPSA) is 131 Å². The molecule has 40 heavy (non-hydrogen) atoms. The Hall–Kier alpha value is -4.38. The number of carbonyl (C=O) groups excluding carboxylic acids is 2. The zero-order valence-electron chi connectivity index (χ0n) is 22.9. The third kappa shape index (κ3) is 5.94. The smallest absolute Gasteiger partial charge is 0.338 e. The van der Waals surface area contributed by atoms with Gasteiger partial charge in [-0.15, -0.1) is 0 Å². The quantitative estimate of drug-likeness (QED) is 0.374. The highest BCUT2D eigenvalue weighted by Gasteiger charge is 2.34. The standard InChI is InChI=1S/C29H31N3O7S/c1-6-37-28(35)25-17(4)31-29-32(26(25)19-11-12-21(39-16(2)3)22(13-19)36-5)27(34)23(40-29)14-18-9-7-8-10-20(18)38-15-24(30)33/h7-14,16,26H,6,15H2,1-5H3,(H2,30,33). The van der Waals surface area contributed by atoms with E-state index in [1.807, 2.05) is 13.8 Å². The molecule has 2 heterocycles. The predicted molar refractivity (Wildman–Crippen MR) is 150 cm³/mol. The number of nitrogens with two attached hydrogens (primary N) is 1. The maximum atomic E-state index is 13.9. The van der Waals surface area contributed by atoms with Crippen molar-refractivity contribution < 1.29 is 28.5 Å². The second-order valence-electron chi connectivity index (χ2n) is 9.17. The van der Waals surface area contributed by atoms with Crippen molar-refractivity contribution in [2.75, 3.05) is 20.3 Å². The summed E-state index contributed by atoms with van der Waals surface area (Å²) < 4.78 is 24.2. The van der Waals surface area contributed by atoms with Crippen molar-refractivity contribution >= 4 is 29.3 Å². The molecule has 2 N–H and O–H groups in total. The number of methoxy groups -OCH3 is 1. The zero-order valence-corrected chi connectivity index (χ0v) is 23.7. The maximum Gasteiger partial charge on any atom is 0.338 e. The van der Waals surface area contributed by atoms with Crippen LogP contribution in [0.2, 0.25) is 0 Å². The third-order valence-corrected chi connectivity index (χ3v) is 6.94. The van der Waals surface area contributed by atoms with Gasteiger partial charge < -0.3 is 24.7 Å². The Bertz CT molecular complexity index is 1650. The number of allylic oxidation sites excluding steroid dienone is 1. The molecule has 1 amide bonds. The first-order valence-corrected chi connectivity index (χ1v) is 13.5. The van der Waals surface area contributed by atoms with Gasteiger partial charge in [0.05, 0.1) is 41.7 Å². The minimum absolute atomic E-state index is 0.0792. The average Bonchev–Trinajstić information content (AvgIpc) is 3.21. The van der Waals surface area contributed by atoms with E-state index in [0.29, 0.717) is 43.4 Å². The molecule has 11 heteroatoms. The molecule has 2 aromatic carbocycles. The molecule has 0 fully saturated rings. The van der Waals surface area contributed by atoms with Gasteiger partial charge in [-0.2, -0.15) is 0 Å². The van der Waals surface area contributed by atoms with Gasteiger partial charge in [-0.05, 0) is 57.5 Å². The van der Waals surface area contributed by atoms with Gasteiger partial charge >= 0.3 is 5.97 Å². The van der Waals surface area contributed by atoms with Gasteiger partial charge in [0.2, 0.25) is 0 Å². The highest BCUT2D eigenvalue weighted by atomic mass is 32.1. The molecular formula is C29H31N3O7S. The molecule has 1 aliphatic rings. The van der Waals surface area contributed by atoms with Crippen LogP contribution >= 0.6 is 11.3 Å². The highest BCUT2D eigenvalue weighted by Crippen LogP contribution is 2.36. The Morgan fingerprint density at radius 2 is 1.90 bits per heavy atom. The Morgan fingerprint density at radius 3 is 2.58 bits per heavy atom. The molecule has 0 saturated carbocycles. The molecule has 4 rings (SSSR count). The van der Waals surface area contributed by atoms with Crippen LogP contribution in [0.4, 0.5) is 0 Å². The number of hydrogen-bond donors (Lipinski definition) is 1. The molecular weight excluding hydrogens is 534 g/mol. The summed E-state index contributed by atoms with van der Waals surface area (Å²) in [5.74, 6) is 0.231. The van der Waals surface area contributed by atoms with E-state index in [0.717, 1.165) is 0 Å². The number of ether oxygens (including phenoxy) is 4. The van der Waals surface area contributed by atoms with Crippen LogP contribution in [0, 0.1) is 0 Å². The zero-order chi connectivity index (χ0) is 29.0. The fraction of sp³-hybridized carbons (Fsp3) is 0.310. The number of fused-ring (bicyclic) bond motifs is 1. The van der Waals surface area contributed by atoms with Crippen molar-refractivity contribution in [1.82, 2.24) is 4.57 Å². The van der Waals surface area contributed by atoms with Gasteiger partial charge in [0.1, 0.15) is 5.75 Å². The first-order valence-electron chi connectivity index (χ1n) is 12.7. The molecule has 3 aromatic rings. The molecule has 1 atom stereocenters. The summed E-state index contributed by atoms with van der Waals surface area (Å²) in [5.41, 5.74) is 6.80. The van der Waals surface area contributed by atoms with Crippen LogP contribution in [0.3, 0.4) is 0 Å². The summed E-state index contributed by atoms with van der Waals surface area (Å²) >= 11 is 1.18. The maximum absolute atomic E-state index is 13.9. The van der Waals surface area contributed by atoms with Crippen molar-refractivity contribution in [3.63, 3.8) is 0 Å². The summed E-state index contributed by atoms with van der Waals surface area (Å²) in [6.07, 6.45) is 1.59. The molecule has 1 aliphatic heterocycles. The normalized spacial score (nSPS) is 14.9. The lowest BCUT2D eigenvalue weighted by molar-refractivity contribution is -0.139. The average molecular weight is 566 g/mol. The summed E-state index contributed by atoms with van der Waals surface area (Å²) in [7, 11) is 1.53. The molecule has 0 bridgehead atoms. The van der Waals surface area contributed by atoms with Crippen LogP contribution in [-0.2, 0) is 14.3 Å². The molecule has 0 saturated heterocycles. The van der Waals surface area contributed by atoms with Crippen LogP contribution in [0.25, 0.3) is 6.08 Å². The van der Waals surface area contributed by atoms with E-state index >= 15 is 0 Å². The fourth-order valence-corrected chi connectivity index (χ4v) is 5.37. The third-order valence-electron chi connectivity index (χ3n) is 5.96. The van der Waals surface area contributed by atoms with Crippen LogP contribution in [-0.4, -0.2) is 42.9 Å². The predicted octanol–water partition coefficient (Wildman–Crippen LogP) is 2.46. The SMILES string of the molecule is CCOC(=O)C1=C(C)N=c2sc(=Cc3ccccc3OCC(N)=O)c(=O)n2C1c1ccc(OC(C)C)c(OC)c1. The largest absolute Gasteiger partial charge is 0.493 e. The monoisotopic (exact) mass is 565 g/mol. The summed E-state index contributed by atoms with van der Waals surface area (Å²) in [5, 5.41) is 0. The molecule has 10 nitrogen and oxygen atoms in total. The number of carbonyl (C=O) groups is 2. The minimum atomic E-state index is -0.819. The molecule has 0 aliphatic carbocycles. The number of hydrogen-bond acceptors (Lipinski definition) is 9. The lowest BCUT2D eigenvalue weighted by Gasteiger charge is -2.25. The Labute approximate surface area is 235 Å². The highest BCUT2D eigenvalue weighted by molar-refractivity contribution is 7.07. The van der Waals surface area contributed by atoms with Gasteiger partial charge in [0.15, 0.2) is 22.9 Å². The minimum Gasteiger partial charge on any atom is -0.493 e. The molecule has 0 radical (unpaired) electrons. The molecule has 1 aromatic heterocycles. The first-order chi connectivity index (χ1) is 19.1. The van der Waals surface area contributed by atoms with Gasteiger partial charge in [-0.3, -0.25) is 14.2 Å². The van der Waals surface area contributed by atoms with Crippen molar-refractivity contribution in [3.8, 4) is 17.2 Å². The van der Waals surface area contributed by atoms with Gasteiger partial charge in [-0.25, -0.2) is 9.79 Å². The number of amides is 1. The van der Waals surface area contributed by atoms with Crippen molar-refractivity contribution in [3.05, 3.63) is 84.5 Å². The van der Waals surface area contributed by atoms with Gasteiger partial charge in [0, 0.05) is 5.56 Å². The number of nitrogens with zero attached hydrogens (tertiary/aromatic N) is 2. The number of primary amides is 1. The van der Waals surface area contributed by atoms with Crippen molar-refractivity contribution in [2.24, 2.45) is 10.7 Å². The van der Waals surface area contributed by atoms with Crippen molar-refractivity contribution in [1.29, 1.82) is 0 Å². The lowest BCUT2D eigenvalue weighted by atomic mass is 9.95. The summed E-state index contributed by atoms with van der Waals surface area (Å²) in [6, 6.07) is 11.5. The number of benzene rings is 2. The Balaban J connectivity index is 1.92. The number of esters is 1. The first kappa shape index (κ1) is 28.6. The number of rotatable bonds is 10. The Kier molecular flexibility index (Phi) is 8.73. The summed E-state index contributed by atoms with van der Waals surface area (Å²) in [6.45, 7) is 7.13. The molecule has 1 unspecified atom stereocenters. The van der Waals surface area contributed by atoms with Gasteiger partial charge in [-0.1, -0.05) is 35.6 Å². The number of para-hydroxylation sites is 1. The van der Waals surface area contributed by atoms with Crippen molar-refractivity contribution in [2.45, 2.75) is 39.8 Å². The number of aromatic nitrogens is 1. The fourth-order valence-electron chi connectivity index (χ4n) is 4.33. The van der Waals surface area contributed by atoms with E-state index in [4.69, 9.17) is 24.7 Å². The van der Waals surface area contributed by atoms with E-state index in [2.05, 4.69) is 4.99 Å².